The van der Waals surface area contributed by atoms with Crippen LogP contribution in [0.3, 0.4) is 0 Å². The molecule has 1 N–H and O–H groups in total. The van der Waals surface area contributed by atoms with Crippen molar-refractivity contribution in [3.05, 3.63) is 55.9 Å². The van der Waals surface area contributed by atoms with E-state index >= 15 is 0 Å². The Kier molecular flexibility index (Phi) is 4.34. The smallest absolute Gasteiger partial charge is 0.259 e. The van der Waals surface area contributed by atoms with Gasteiger partial charge in [-0.1, -0.05) is 17.7 Å². The highest BCUT2D eigenvalue weighted by atomic mass is 32.2. The summed E-state index contributed by atoms with van der Waals surface area (Å²) in [5, 5.41) is 0.830. The van der Waals surface area contributed by atoms with Gasteiger partial charge in [0.2, 0.25) is 0 Å². The second-order valence-electron chi connectivity index (χ2n) is 5.94. The molecule has 3 rings (SSSR count). The number of aromatic nitrogens is 2. The maximum atomic E-state index is 12.4. The molecule has 0 aliphatic rings. The van der Waals surface area contributed by atoms with Gasteiger partial charge in [-0.2, -0.15) is 0 Å². The van der Waals surface area contributed by atoms with Crippen LogP contribution >= 0.6 is 23.1 Å². The zero-order chi connectivity index (χ0) is 16.7. The van der Waals surface area contributed by atoms with Crippen molar-refractivity contribution >= 4 is 33.3 Å². The molecule has 0 amide bonds. The molecule has 0 spiro atoms. The number of aryl methyl sites for hydroxylation is 4. The first-order chi connectivity index (χ1) is 10.9. The van der Waals surface area contributed by atoms with Gasteiger partial charge in [-0.3, -0.25) is 4.79 Å². The third kappa shape index (κ3) is 3.08. The minimum Gasteiger partial charge on any atom is -0.309 e. The summed E-state index contributed by atoms with van der Waals surface area (Å²) in [5.74, 6) is 0.744. The van der Waals surface area contributed by atoms with Gasteiger partial charge >= 0.3 is 0 Å². The largest absolute Gasteiger partial charge is 0.309 e. The molecule has 5 heteroatoms. The number of fused-ring (bicyclic) bond motifs is 1. The fraction of sp³-hybridized carbons (Fsp3) is 0.333. The Morgan fingerprint density at radius 3 is 2.65 bits per heavy atom. The fourth-order valence-electron chi connectivity index (χ4n) is 2.64. The minimum absolute atomic E-state index is 0.0278. The molecule has 0 saturated carbocycles. The van der Waals surface area contributed by atoms with Crippen LogP contribution in [0.25, 0.3) is 10.2 Å². The van der Waals surface area contributed by atoms with Crippen LogP contribution in [0.2, 0.25) is 0 Å². The number of rotatable bonds is 3. The Hall–Kier alpha value is -1.59. The number of H-pyrrole nitrogens is 1. The predicted octanol–water partition coefficient (Wildman–Crippen LogP) is 5.07. The normalized spacial score (nSPS) is 12.7. The average molecular weight is 345 g/mol. The van der Waals surface area contributed by atoms with Crippen LogP contribution in [0.1, 0.15) is 39.6 Å². The van der Waals surface area contributed by atoms with Crippen molar-refractivity contribution < 1.29 is 0 Å². The molecule has 0 bridgehead atoms. The number of benzene rings is 1. The molecule has 1 atom stereocenters. The van der Waals surface area contributed by atoms with Crippen molar-refractivity contribution in [3.8, 4) is 0 Å². The summed E-state index contributed by atoms with van der Waals surface area (Å²) in [4.78, 5) is 23.3. The van der Waals surface area contributed by atoms with E-state index in [0.29, 0.717) is 0 Å². The number of hydrogen-bond acceptors (Lipinski definition) is 4. The molecule has 23 heavy (non-hydrogen) atoms. The Morgan fingerprint density at radius 1 is 1.22 bits per heavy atom. The van der Waals surface area contributed by atoms with Gasteiger partial charge in [0, 0.05) is 9.77 Å². The number of hydrogen-bond donors (Lipinski definition) is 1. The number of nitrogens with zero attached hydrogens (tertiary/aromatic N) is 1. The summed E-state index contributed by atoms with van der Waals surface area (Å²) in [6, 6.07) is 6.44. The topological polar surface area (TPSA) is 45.8 Å². The lowest BCUT2D eigenvalue weighted by Gasteiger charge is -2.13. The molecular formula is C18H20N2OS2. The second kappa shape index (κ2) is 6.13. The van der Waals surface area contributed by atoms with E-state index in [9.17, 15) is 4.79 Å². The molecule has 1 aromatic carbocycles. The Balaban J connectivity index is 1.98. The van der Waals surface area contributed by atoms with Gasteiger partial charge in [0.1, 0.15) is 10.7 Å². The van der Waals surface area contributed by atoms with Gasteiger partial charge in [0.15, 0.2) is 0 Å². The van der Waals surface area contributed by atoms with Crippen LogP contribution in [-0.4, -0.2) is 9.97 Å². The monoisotopic (exact) mass is 344 g/mol. The van der Waals surface area contributed by atoms with E-state index in [1.807, 2.05) is 13.8 Å². The Labute approximate surface area is 144 Å². The van der Waals surface area contributed by atoms with Gasteiger partial charge in [-0.15, -0.1) is 23.1 Å². The van der Waals surface area contributed by atoms with Crippen LogP contribution < -0.4 is 5.56 Å². The van der Waals surface area contributed by atoms with Crippen LogP contribution in [-0.2, 0) is 0 Å². The highest BCUT2D eigenvalue weighted by Crippen LogP contribution is 2.36. The average Bonchev–Trinajstić information content (AvgIpc) is 2.77. The summed E-state index contributed by atoms with van der Waals surface area (Å²) < 4.78 is 0. The van der Waals surface area contributed by atoms with Gasteiger partial charge < -0.3 is 4.98 Å². The first-order valence-corrected chi connectivity index (χ1v) is 9.30. The molecule has 120 valence electrons. The molecule has 0 unspecified atom stereocenters. The molecule has 3 nitrogen and oxygen atoms in total. The molecule has 2 heterocycles. The van der Waals surface area contributed by atoms with E-state index in [1.54, 1.807) is 23.1 Å². The molecule has 0 saturated heterocycles. The van der Waals surface area contributed by atoms with Crippen molar-refractivity contribution in [3.63, 3.8) is 0 Å². The van der Waals surface area contributed by atoms with Crippen molar-refractivity contribution in [1.29, 1.82) is 0 Å². The molecular weight excluding hydrogens is 324 g/mol. The highest BCUT2D eigenvalue weighted by molar-refractivity contribution is 7.99. The summed E-state index contributed by atoms with van der Waals surface area (Å²) in [5.41, 5.74) is 3.53. The molecule has 2 aromatic heterocycles. The summed E-state index contributed by atoms with van der Waals surface area (Å²) >= 11 is 3.33. The number of thiophene rings is 1. The standard InChI is InChI=1S/C18H20N2OS2/c1-9-6-7-14(10(2)8-9)22-13(5)16-19-17(21)15-11(3)12(4)23-18(15)20-16/h6-8,13H,1-5H3,(H,19,20,21)/t13-/m1/s1. The predicted molar refractivity (Wildman–Crippen MR) is 99.9 cm³/mol. The van der Waals surface area contributed by atoms with E-state index in [-0.39, 0.29) is 10.8 Å². The lowest BCUT2D eigenvalue weighted by atomic mass is 10.2. The van der Waals surface area contributed by atoms with E-state index in [2.05, 4.69) is 44.0 Å². The third-order valence-electron chi connectivity index (χ3n) is 4.08. The van der Waals surface area contributed by atoms with Gasteiger partial charge in [0.05, 0.1) is 10.6 Å². The Bertz CT molecular complexity index is 940. The molecule has 0 aliphatic carbocycles. The Morgan fingerprint density at radius 2 is 1.96 bits per heavy atom. The van der Waals surface area contributed by atoms with Gasteiger partial charge in [-0.25, -0.2) is 4.98 Å². The fourth-order valence-corrected chi connectivity index (χ4v) is 4.67. The first kappa shape index (κ1) is 16.3. The number of nitrogens with one attached hydrogen (secondary N) is 1. The van der Waals surface area contributed by atoms with E-state index < -0.39 is 0 Å². The summed E-state index contributed by atoms with van der Waals surface area (Å²) in [6.07, 6.45) is 0. The van der Waals surface area contributed by atoms with Crippen LogP contribution in [0, 0.1) is 27.7 Å². The maximum absolute atomic E-state index is 12.4. The van der Waals surface area contributed by atoms with Crippen molar-refractivity contribution in [1.82, 2.24) is 9.97 Å². The lowest BCUT2D eigenvalue weighted by molar-refractivity contribution is 0.924. The second-order valence-corrected chi connectivity index (χ2v) is 8.53. The van der Waals surface area contributed by atoms with Crippen LogP contribution in [0.15, 0.2) is 27.9 Å². The first-order valence-electron chi connectivity index (χ1n) is 7.60. The molecule has 0 aliphatic heterocycles. The zero-order valence-corrected chi connectivity index (χ0v) is 15.6. The number of aromatic amines is 1. The zero-order valence-electron chi connectivity index (χ0n) is 14.0. The van der Waals surface area contributed by atoms with E-state index in [1.165, 1.54) is 16.0 Å². The summed E-state index contributed by atoms with van der Waals surface area (Å²) in [7, 11) is 0. The van der Waals surface area contributed by atoms with Crippen molar-refractivity contribution in [2.45, 2.75) is 44.8 Å². The van der Waals surface area contributed by atoms with Crippen molar-refractivity contribution in [2.75, 3.05) is 0 Å². The highest BCUT2D eigenvalue weighted by Gasteiger charge is 2.16. The third-order valence-corrected chi connectivity index (χ3v) is 6.47. The molecule has 0 fully saturated rings. The van der Waals surface area contributed by atoms with E-state index in [4.69, 9.17) is 4.98 Å². The van der Waals surface area contributed by atoms with Gasteiger partial charge in [0.25, 0.3) is 5.56 Å². The molecule has 0 radical (unpaired) electrons. The van der Waals surface area contributed by atoms with Gasteiger partial charge in [-0.05, 0) is 51.8 Å². The van der Waals surface area contributed by atoms with E-state index in [0.717, 1.165) is 26.5 Å². The maximum Gasteiger partial charge on any atom is 0.259 e. The number of thioether (sulfide) groups is 1. The van der Waals surface area contributed by atoms with Crippen LogP contribution in [0.4, 0.5) is 0 Å². The molecule has 3 aromatic rings. The van der Waals surface area contributed by atoms with Crippen LogP contribution in [0.5, 0.6) is 0 Å². The minimum atomic E-state index is -0.0278. The summed E-state index contributed by atoms with van der Waals surface area (Å²) in [6.45, 7) is 10.3. The SMILES string of the molecule is Cc1ccc(S[C@H](C)c2nc3sc(C)c(C)c3c(=O)[nH]2)c(C)c1. The van der Waals surface area contributed by atoms with Crippen molar-refractivity contribution in [2.24, 2.45) is 0 Å². The lowest BCUT2D eigenvalue weighted by Crippen LogP contribution is -2.12. The quantitative estimate of drug-likeness (QED) is 0.675.